The summed E-state index contributed by atoms with van der Waals surface area (Å²) >= 11 is 0. The Kier molecular flexibility index (Phi) is 6.81. The Labute approximate surface area is 213 Å². The van der Waals surface area contributed by atoms with Crippen LogP contribution in [0.4, 0.5) is 45.2 Å². The topological polar surface area (TPSA) is 12.5 Å². The van der Waals surface area contributed by atoms with E-state index in [0.29, 0.717) is 24.2 Å². The summed E-state index contributed by atoms with van der Waals surface area (Å²) in [5, 5.41) is 0. The number of alkyl halides is 9. The Morgan fingerprint density at radius 3 is 1.95 bits per heavy atom. The van der Waals surface area contributed by atoms with Crippen LogP contribution in [0.1, 0.15) is 54.5 Å². The number of rotatable bonds is 5. The van der Waals surface area contributed by atoms with Gasteiger partial charge in [0.1, 0.15) is 0 Å². The molecule has 0 N–H and O–H groups in total. The molecule has 1 unspecified atom stereocenters. The lowest BCUT2D eigenvalue weighted by Gasteiger charge is -2.57. The summed E-state index contributed by atoms with van der Waals surface area (Å²) in [5.41, 5.74) is -4.56. The molecule has 0 aromatic heterocycles. The minimum atomic E-state index is -5.05. The molecule has 0 saturated heterocycles. The van der Waals surface area contributed by atoms with Crippen LogP contribution in [0.3, 0.4) is 0 Å². The van der Waals surface area contributed by atoms with Crippen molar-refractivity contribution in [1.82, 2.24) is 0 Å². The Morgan fingerprint density at radius 1 is 0.921 bits per heavy atom. The summed E-state index contributed by atoms with van der Waals surface area (Å²) in [6.45, 7) is 7.79. The van der Waals surface area contributed by atoms with E-state index >= 15 is 0 Å². The van der Waals surface area contributed by atoms with E-state index in [0.717, 1.165) is 18.6 Å². The summed E-state index contributed by atoms with van der Waals surface area (Å²) in [4.78, 5) is 1.69. The Hall–Kier alpha value is -3.11. The third kappa shape index (κ3) is 4.99. The second-order valence-electron chi connectivity index (χ2n) is 9.58. The van der Waals surface area contributed by atoms with Crippen LogP contribution in [-0.2, 0) is 29.7 Å². The molecule has 1 aliphatic heterocycles. The molecule has 0 radical (unpaired) electrons. The van der Waals surface area contributed by atoms with Gasteiger partial charge < -0.3 is 9.64 Å². The minimum absolute atomic E-state index is 0.0256. The normalized spacial score (nSPS) is 21.6. The summed E-state index contributed by atoms with van der Waals surface area (Å²) in [6.07, 6.45) is -12.3. The van der Waals surface area contributed by atoms with E-state index in [4.69, 9.17) is 4.74 Å². The van der Waals surface area contributed by atoms with E-state index in [1.165, 1.54) is 6.07 Å². The first-order valence-electron chi connectivity index (χ1n) is 11.8. The first-order valence-corrected chi connectivity index (χ1v) is 11.8. The SMILES string of the molecule is C=C(OCC)N1c2ccc(C(F)(F)F)cc2C(Cc2cc(C(F)(F)F)cc(C(F)(F)F)c2)=CC12CC[C@@H]2C. The lowest BCUT2D eigenvalue weighted by Crippen LogP contribution is -2.59. The van der Waals surface area contributed by atoms with Gasteiger partial charge in [-0.3, -0.25) is 0 Å². The van der Waals surface area contributed by atoms with Crippen LogP contribution >= 0.6 is 0 Å². The van der Waals surface area contributed by atoms with Gasteiger partial charge in [0, 0.05) is 5.56 Å². The van der Waals surface area contributed by atoms with Crippen molar-refractivity contribution in [2.45, 2.75) is 57.2 Å². The minimum Gasteiger partial charge on any atom is -0.480 e. The largest absolute Gasteiger partial charge is 0.480 e. The highest BCUT2D eigenvalue weighted by molar-refractivity contribution is 5.85. The average Bonchev–Trinajstić information content (AvgIpc) is 2.80. The molecule has 1 heterocycles. The molecule has 0 bridgehead atoms. The van der Waals surface area contributed by atoms with Crippen molar-refractivity contribution in [3.63, 3.8) is 0 Å². The van der Waals surface area contributed by atoms with Crippen LogP contribution in [0.25, 0.3) is 5.57 Å². The first kappa shape index (κ1) is 27.9. The van der Waals surface area contributed by atoms with Crippen LogP contribution in [-0.4, -0.2) is 12.1 Å². The quantitative estimate of drug-likeness (QED) is 0.273. The van der Waals surface area contributed by atoms with E-state index in [1.807, 2.05) is 6.92 Å². The Balaban J connectivity index is 1.92. The summed E-state index contributed by atoms with van der Waals surface area (Å²) in [5.74, 6) is 0.145. The highest BCUT2D eigenvalue weighted by Crippen LogP contribution is 2.54. The number of hydrogen-bond acceptors (Lipinski definition) is 2. The van der Waals surface area contributed by atoms with Crippen LogP contribution in [0.5, 0.6) is 0 Å². The zero-order valence-corrected chi connectivity index (χ0v) is 20.4. The average molecular weight is 549 g/mol. The highest BCUT2D eigenvalue weighted by Gasteiger charge is 2.52. The van der Waals surface area contributed by atoms with Crippen LogP contribution in [0.15, 0.2) is 54.9 Å². The standard InChI is InChI=1S/C27H24F9NO/c1-4-38-16(3)37-23-6-5-19(25(28,29)30)13-22(23)18(14-24(37)8-7-15(24)2)9-17-10-20(26(31,32)33)12-21(11-17)27(34,35)36/h5-6,10-15H,3-4,7-9H2,1-2H3/t15-,24?/m0/s1. The fraction of sp³-hybridized carbons (Fsp3) is 0.407. The van der Waals surface area contributed by atoms with Crippen molar-refractivity contribution in [2.75, 3.05) is 11.5 Å². The van der Waals surface area contributed by atoms with Crippen molar-refractivity contribution >= 4 is 11.3 Å². The smallest absolute Gasteiger partial charge is 0.416 e. The van der Waals surface area contributed by atoms with Crippen LogP contribution in [0.2, 0.25) is 0 Å². The molecule has 2 atom stereocenters. The van der Waals surface area contributed by atoms with Crippen LogP contribution in [0, 0.1) is 5.92 Å². The molecule has 4 rings (SSSR count). The summed E-state index contributed by atoms with van der Waals surface area (Å²) < 4.78 is 127. The zero-order valence-electron chi connectivity index (χ0n) is 20.4. The summed E-state index contributed by atoms with van der Waals surface area (Å²) in [6, 6.07) is 4.23. The fourth-order valence-electron chi connectivity index (χ4n) is 5.19. The number of halogens is 9. The van der Waals surface area contributed by atoms with E-state index < -0.39 is 47.2 Å². The van der Waals surface area contributed by atoms with Gasteiger partial charge in [-0.1, -0.05) is 13.0 Å². The van der Waals surface area contributed by atoms with E-state index in [-0.39, 0.29) is 41.2 Å². The summed E-state index contributed by atoms with van der Waals surface area (Å²) in [7, 11) is 0. The van der Waals surface area contributed by atoms with Gasteiger partial charge in [-0.25, -0.2) is 0 Å². The lowest BCUT2D eigenvalue weighted by atomic mass is 9.63. The predicted octanol–water partition coefficient (Wildman–Crippen LogP) is 8.87. The monoisotopic (exact) mass is 549 g/mol. The van der Waals surface area contributed by atoms with E-state index in [9.17, 15) is 39.5 Å². The van der Waals surface area contributed by atoms with Crippen molar-refractivity contribution in [1.29, 1.82) is 0 Å². The number of hydrogen-bond donors (Lipinski definition) is 0. The third-order valence-corrected chi connectivity index (χ3v) is 7.18. The molecule has 2 aliphatic rings. The molecular formula is C27H24F9NO. The van der Waals surface area contributed by atoms with Gasteiger partial charge in [0.15, 0.2) is 5.88 Å². The predicted molar refractivity (Wildman–Crippen MR) is 124 cm³/mol. The van der Waals surface area contributed by atoms with Crippen molar-refractivity contribution < 1.29 is 44.3 Å². The van der Waals surface area contributed by atoms with Gasteiger partial charge in [0.2, 0.25) is 0 Å². The third-order valence-electron chi connectivity index (χ3n) is 7.18. The number of benzene rings is 2. The molecule has 1 saturated carbocycles. The van der Waals surface area contributed by atoms with Gasteiger partial charge in [-0.15, -0.1) is 0 Å². The maximum absolute atomic E-state index is 13.6. The number of fused-ring (bicyclic) bond motifs is 1. The van der Waals surface area contributed by atoms with Crippen molar-refractivity contribution in [3.8, 4) is 0 Å². The van der Waals surface area contributed by atoms with Gasteiger partial charge in [-0.05, 0) is 86.2 Å². The molecule has 1 fully saturated rings. The molecule has 11 heteroatoms. The van der Waals surface area contributed by atoms with Gasteiger partial charge in [0.05, 0.1) is 34.5 Å². The number of ether oxygens (including phenoxy) is 1. The second-order valence-corrected chi connectivity index (χ2v) is 9.58. The number of nitrogens with zero attached hydrogens (tertiary/aromatic N) is 1. The van der Waals surface area contributed by atoms with Crippen molar-refractivity contribution in [2.24, 2.45) is 5.92 Å². The Morgan fingerprint density at radius 2 is 1.50 bits per heavy atom. The Bertz CT molecular complexity index is 1240. The molecule has 206 valence electrons. The van der Waals surface area contributed by atoms with Gasteiger partial charge in [-0.2, -0.15) is 39.5 Å². The molecule has 1 aliphatic carbocycles. The maximum atomic E-state index is 13.6. The maximum Gasteiger partial charge on any atom is 0.416 e. The molecular weight excluding hydrogens is 525 g/mol. The molecule has 1 spiro atoms. The van der Waals surface area contributed by atoms with E-state index in [1.54, 1.807) is 17.9 Å². The fourth-order valence-corrected chi connectivity index (χ4v) is 5.19. The number of allylic oxidation sites excluding steroid dienone is 1. The van der Waals surface area contributed by atoms with Gasteiger partial charge >= 0.3 is 18.5 Å². The highest BCUT2D eigenvalue weighted by atomic mass is 19.4. The molecule has 2 nitrogen and oxygen atoms in total. The molecule has 2 aromatic carbocycles. The van der Waals surface area contributed by atoms with Gasteiger partial charge in [0.25, 0.3) is 0 Å². The van der Waals surface area contributed by atoms with Crippen molar-refractivity contribution in [3.05, 3.63) is 82.8 Å². The zero-order chi connectivity index (χ0) is 28.3. The lowest BCUT2D eigenvalue weighted by molar-refractivity contribution is -0.143. The molecule has 2 aromatic rings. The number of anilines is 1. The molecule has 0 amide bonds. The van der Waals surface area contributed by atoms with E-state index in [2.05, 4.69) is 6.58 Å². The molecule has 38 heavy (non-hydrogen) atoms. The first-order chi connectivity index (χ1) is 17.5. The van der Waals surface area contributed by atoms with Crippen LogP contribution < -0.4 is 4.90 Å². The second kappa shape index (κ2) is 9.27.